The third-order valence-corrected chi connectivity index (χ3v) is 4.78. The van der Waals surface area contributed by atoms with Crippen molar-refractivity contribution in [3.05, 3.63) is 71.5 Å². The molecule has 152 valence electrons. The fourth-order valence-electron chi connectivity index (χ4n) is 3.15. The van der Waals surface area contributed by atoms with Gasteiger partial charge in [0.15, 0.2) is 0 Å². The molecule has 0 spiro atoms. The lowest BCUT2D eigenvalue weighted by molar-refractivity contribution is -0.151. The number of hydrogen-bond acceptors (Lipinski definition) is 5. The van der Waals surface area contributed by atoms with Gasteiger partial charge < -0.3 is 14.4 Å². The van der Waals surface area contributed by atoms with Crippen LogP contribution in [0.5, 0.6) is 0 Å². The van der Waals surface area contributed by atoms with Gasteiger partial charge in [0.05, 0.1) is 11.5 Å². The third kappa shape index (κ3) is 5.63. The van der Waals surface area contributed by atoms with E-state index >= 15 is 0 Å². The molecule has 1 aliphatic rings. The van der Waals surface area contributed by atoms with Crippen LogP contribution in [-0.2, 0) is 14.3 Å². The number of carbonyl (C=O) groups excluding carboxylic acids is 3. The van der Waals surface area contributed by atoms with Gasteiger partial charge in [-0.25, -0.2) is 9.18 Å². The van der Waals surface area contributed by atoms with Gasteiger partial charge in [-0.1, -0.05) is 18.2 Å². The Morgan fingerprint density at radius 1 is 0.862 bits per heavy atom. The summed E-state index contributed by atoms with van der Waals surface area (Å²) in [6.45, 7) is 0.839. The van der Waals surface area contributed by atoms with Gasteiger partial charge in [-0.3, -0.25) is 9.59 Å². The zero-order chi connectivity index (χ0) is 20.6. The molecule has 7 heteroatoms. The fraction of sp³-hybridized carbons (Fsp3) is 0.318. The van der Waals surface area contributed by atoms with Crippen LogP contribution >= 0.6 is 0 Å². The van der Waals surface area contributed by atoms with Crippen molar-refractivity contribution >= 4 is 17.8 Å². The molecular weight excluding hydrogens is 377 g/mol. The number of likely N-dealkylation sites (tertiary alicyclic amines) is 1. The SMILES string of the molecule is O=C(OCCOC(=O)C1CCN(C(=O)c2ccc(F)cc2)CC1)c1ccccc1. The van der Waals surface area contributed by atoms with Crippen LogP contribution in [0.25, 0.3) is 0 Å². The van der Waals surface area contributed by atoms with Gasteiger partial charge in [0, 0.05) is 18.7 Å². The van der Waals surface area contributed by atoms with Crippen LogP contribution < -0.4 is 0 Å². The molecule has 1 aliphatic heterocycles. The Bertz CT molecular complexity index is 845. The molecule has 0 saturated carbocycles. The molecular formula is C22H22FNO5. The monoisotopic (exact) mass is 399 g/mol. The fourth-order valence-corrected chi connectivity index (χ4v) is 3.15. The van der Waals surface area contributed by atoms with Crippen LogP contribution in [0.3, 0.4) is 0 Å². The van der Waals surface area contributed by atoms with Crippen LogP contribution in [0, 0.1) is 11.7 Å². The molecule has 1 heterocycles. The van der Waals surface area contributed by atoms with Gasteiger partial charge in [-0.15, -0.1) is 0 Å². The first-order valence-electron chi connectivity index (χ1n) is 9.48. The van der Waals surface area contributed by atoms with Crippen molar-refractivity contribution in [1.82, 2.24) is 4.90 Å². The average Bonchev–Trinajstić information content (AvgIpc) is 2.77. The van der Waals surface area contributed by atoms with E-state index < -0.39 is 11.8 Å². The average molecular weight is 399 g/mol. The van der Waals surface area contributed by atoms with Crippen molar-refractivity contribution in [3.63, 3.8) is 0 Å². The standard InChI is InChI=1S/C22H22FNO5/c23-19-8-6-16(7-9-19)20(25)24-12-10-18(11-13-24)22(27)29-15-14-28-21(26)17-4-2-1-3-5-17/h1-9,18H,10-15H2. The molecule has 0 aliphatic carbocycles. The number of hydrogen-bond donors (Lipinski definition) is 0. The van der Waals surface area contributed by atoms with Crippen molar-refractivity contribution in [2.75, 3.05) is 26.3 Å². The summed E-state index contributed by atoms with van der Waals surface area (Å²) in [7, 11) is 0. The number of benzene rings is 2. The van der Waals surface area contributed by atoms with E-state index in [1.807, 2.05) is 0 Å². The molecule has 6 nitrogen and oxygen atoms in total. The van der Waals surface area contributed by atoms with Crippen molar-refractivity contribution in [2.24, 2.45) is 5.92 Å². The van der Waals surface area contributed by atoms with Crippen molar-refractivity contribution in [1.29, 1.82) is 0 Å². The highest BCUT2D eigenvalue weighted by Gasteiger charge is 2.28. The Morgan fingerprint density at radius 3 is 2.14 bits per heavy atom. The Morgan fingerprint density at radius 2 is 1.48 bits per heavy atom. The highest BCUT2D eigenvalue weighted by atomic mass is 19.1. The summed E-state index contributed by atoms with van der Waals surface area (Å²) in [5.74, 6) is -1.68. The topological polar surface area (TPSA) is 72.9 Å². The van der Waals surface area contributed by atoms with Crippen molar-refractivity contribution < 1.29 is 28.2 Å². The summed E-state index contributed by atoms with van der Waals surface area (Å²) in [5, 5.41) is 0. The number of amides is 1. The van der Waals surface area contributed by atoms with E-state index in [9.17, 15) is 18.8 Å². The molecule has 1 saturated heterocycles. The Labute approximate surface area is 168 Å². The number of piperidine rings is 1. The Balaban J connectivity index is 1.37. The van der Waals surface area contributed by atoms with Crippen molar-refractivity contribution in [3.8, 4) is 0 Å². The molecule has 0 bridgehead atoms. The molecule has 2 aromatic carbocycles. The zero-order valence-corrected chi connectivity index (χ0v) is 15.9. The molecule has 0 unspecified atom stereocenters. The second-order valence-corrected chi connectivity index (χ2v) is 6.74. The summed E-state index contributed by atoms with van der Waals surface area (Å²) < 4.78 is 23.3. The number of rotatable bonds is 6. The van der Waals surface area contributed by atoms with Crippen LogP contribution in [0.4, 0.5) is 4.39 Å². The molecule has 1 amide bonds. The number of halogens is 1. The van der Waals surface area contributed by atoms with Gasteiger partial charge in [0.25, 0.3) is 5.91 Å². The minimum atomic E-state index is -0.464. The Kier molecular flexibility index (Phi) is 6.94. The van der Waals surface area contributed by atoms with Gasteiger partial charge >= 0.3 is 11.9 Å². The summed E-state index contributed by atoms with van der Waals surface area (Å²) in [4.78, 5) is 38.1. The lowest BCUT2D eigenvalue weighted by Gasteiger charge is -2.31. The molecule has 0 atom stereocenters. The zero-order valence-electron chi connectivity index (χ0n) is 15.9. The lowest BCUT2D eigenvalue weighted by atomic mass is 9.96. The van der Waals surface area contributed by atoms with Gasteiger partial charge in [0.1, 0.15) is 19.0 Å². The van der Waals surface area contributed by atoms with Crippen molar-refractivity contribution in [2.45, 2.75) is 12.8 Å². The molecule has 0 N–H and O–H groups in total. The van der Waals surface area contributed by atoms with Crippen LogP contribution in [0.2, 0.25) is 0 Å². The van der Waals surface area contributed by atoms with E-state index in [-0.39, 0.29) is 31.0 Å². The highest BCUT2D eigenvalue weighted by molar-refractivity contribution is 5.94. The third-order valence-electron chi connectivity index (χ3n) is 4.78. The summed E-state index contributed by atoms with van der Waals surface area (Å²) in [5.41, 5.74) is 0.865. The molecule has 1 fully saturated rings. The maximum Gasteiger partial charge on any atom is 0.338 e. The maximum absolute atomic E-state index is 13.0. The second-order valence-electron chi connectivity index (χ2n) is 6.74. The van der Waals surface area contributed by atoms with E-state index in [1.165, 1.54) is 24.3 Å². The number of ether oxygens (including phenoxy) is 2. The first kappa shape index (κ1) is 20.5. The van der Waals surface area contributed by atoms with Crippen LogP contribution in [0.15, 0.2) is 54.6 Å². The number of nitrogens with zero attached hydrogens (tertiary/aromatic N) is 1. The smallest absolute Gasteiger partial charge is 0.338 e. The largest absolute Gasteiger partial charge is 0.462 e. The minimum Gasteiger partial charge on any atom is -0.462 e. The van der Waals surface area contributed by atoms with E-state index in [2.05, 4.69) is 0 Å². The molecule has 0 radical (unpaired) electrons. The summed E-state index contributed by atoms with van der Waals surface area (Å²) in [6.07, 6.45) is 0.991. The first-order chi connectivity index (χ1) is 14.0. The van der Waals surface area contributed by atoms with E-state index in [0.29, 0.717) is 37.1 Å². The maximum atomic E-state index is 13.0. The predicted octanol–water partition coefficient (Wildman–Crippen LogP) is 3.08. The van der Waals surface area contributed by atoms with Gasteiger partial charge in [-0.05, 0) is 49.2 Å². The summed E-state index contributed by atoms with van der Waals surface area (Å²) >= 11 is 0. The van der Waals surface area contributed by atoms with Crippen LogP contribution in [0.1, 0.15) is 33.6 Å². The van der Waals surface area contributed by atoms with E-state index in [0.717, 1.165) is 0 Å². The number of carbonyl (C=O) groups is 3. The molecule has 3 rings (SSSR count). The normalized spacial score (nSPS) is 14.3. The number of esters is 2. The molecule has 0 aromatic heterocycles. The first-order valence-corrected chi connectivity index (χ1v) is 9.48. The summed E-state index contributed by atoms with van der Waals surface area (Å²) in [6, 6.07) is 14.0. The lowest BCUT2D eigenvalue weighted by Crippen LogP contribution is -2.40. The van der Waals surface area contributed by atoms with E-state index in [4.69, 9.17) is 9.47 Å². The quantitative estimate of drug-likeness (QED) is 0.551. The van der Waals surface area contributed by atoms with E-state index in [1.54, 1.807) is 35.2 Å². The molecule has 29 heavy (non-hydrogen) atoms. The van der Waals surface area contributed by atoms with Gasteiger partial charge in [-0.2, -0.15) is 0 Å². The second kappa shape index (κ2) is 9.82. The van der Waals surface area contributed by atoms with Crippen LogP contribution in [-0.4, -0.2) is 49.0 Å². The highest BCUT2D eigenvalue weighted by Crippen LogP contribution is 2.20. The van der Waals surface area contributed by atoms with Gasteiger partial charge in [0.2, 0.25) is 0 Å². The minimum absolute atomic E-state index is 0.00781. The predicted molar refractivity (Wildman–Crippen MR) is 103 cm³/mol. The Hall–Kier alpha value is -3.22. The molecule has 2 aromatic rings.